The molecule has 0 aromatic carbocycles. The lowest BCUT2D eigenvalue weighted by Crippen LogP contribution is -2.28. The van der Waals surface area contributed by atoms with Gasteiger partial charge >= 0.3 is 0 Å². The van der Waals surface area contributed by atoms with Crippen molar-refractivity contribution in [3.05, 3.63) is 33.7 Å². The van der Waals surface area contributed by atoms with E-state index in [0.29, 0.717) is 12.0 Å². The summed E-state index contributed by atoms with van der Waals surface area (Å²) in [6.45, 7) is 8.84. The quantitative estimate of drug-likeness (QED) is 0.872. The second-order valence-corrected chi connectivity index (χ2v) is 5.45. The normalized spacial score (nSPS) is 21.3. The molecule has 1 N–H and O–H groups in total. The first kappa shape index (κ1) is 12.4. The lowest BCUT2D eigenvalue weighted by molar-refractivity contribution is 0.228. The lowest BCUT2D eigenvalue weighted by atomic mass is 10.0. The number of H-pyrrole nitrogens is 1. The van der Waals surface area contributed by atoms with Gasteiger partial charge in [0, 0.05) is 24.3 Å². The van der Waals surface area contributed by atoms with Crippen LogP contribution in [0.25, 0.3) is 0 Å². The SMILES string of the molecule is Cc1[nH]c(=O)ccc1[C@H]1CCCN1CC(C)C. The molecular weight excluding hydrogens is 212 g/mol. The maximum atomic E-state index is 11.2. The molecule has 1 atom stereocenters. The Balaban J connectivity index is 2.23. The Morgan fingerprint density at radius 3 is 2.88 bits per heavy atom. The van der Waals surface area contributed by atoms with Gasteiger partial charge < -0.3 is 4.98 Å². The average molecular weight is 234 g/mol. The van der Waals surface area contributed by atoms with Crippen molar-refractivity contribution >= 4 is 0 Å². The Labute approximate surface area is 103 Å². The zero-order chi connectivity index (χ0) is 12.4. The lowest BCUT2D eigenvalue weighted by Gasteiger charge is -2.27. The van der Waals surface area contributed by atoms with Crippen molar-refractivity contribution in [2.75, 3.05) is 13.1 Å². The maximum absolute atomic E-state index is 11.2. The third-order valence-corrected chi connectivity index (χ3v) is 3.48. The molecule has 0 unspecified atom stereocenters. The van der Waals surface area contributed by atoms with E-state index in [1.54, 1.807) is 6.07 Å². The highest BCUT2D eigenvalue weighted by molar-refractivity contribution is 5.23. The monoisotopic (exact) mass is 234 g/mol. The fraction of sp³-hybridized carbons (Fsp3) is 0.643. The molecule has 0 radical (unpaired) electrons. The van der Waals surface area contributed by atoms with Crippen molar-refractivity contribution in [3.8, 4) is 0 Å². The predicted octanol–water partition coefficient (Wildman–Crippen LogP) is 2.48. The molecule has 1 aromatic heterocycles. The Hall–Kier alpha value is -1.09. The van der Waals surface area contributed by atoms with Crippen molar-refractivity contribution in [2.45, 2.75) is 39.7 Å². The Morgan fingerprint density at radius 2 is 2.24 bits per heavy atom. The van der Waals surface area contributed by atoms with Gasteiger partial charge in [-0.05, 0) is 37.8 Å². The van der Waals surface area contributed by atoms with Crippen molar-refractivity contribution in [1.82, 2.24) is 9.88 Å². The predicted molar refractivity (Wildman–Crippen MR) is 70.2 cm³/mol. The number of rotatable bonds is 3. The summed E-state index contributed by atoms with van der Waals surface area (Å²) in [5, 5.41) is 0. The number of pyridine rings is 1. The molecule has 0 saturated carbocycles. The summed E-state index contributed by atoms with van der Waals surface area (Å²) >= 11 is 0. The number of hydrogen-bond acceptors (Lipinski definition) is 2. The average Bonchev–Trinajstić information content (AvgIpc) is 2.65. The van der Waals surface area contributed by atoms with Gasteiger partial charge in [0.15, 0.2) is 0 Å². The van der Waals surface area contributed by atoms with E-state index in [2.05, 4.69) is 23.7 Å². The minimum absolute atomic E-state index is 0.000318. The zero-order valence-electron chi connectivity index (χ0n) is 11.0. The minimum Gasteiger partial charge on any atom is -0.326 e. The van der Waals surface area contributed by atoms with Crippen LogP contribution in [-0.2, 0) is 0 Å². The van der Waals surface area contributed by atoms with Crippen molar-refractivity contribution in [3.63, 3.8) is 0 Å². The zero-order valence-corrected chi connectivity index (χ0v) is 11.0. The number of nitrogens with zero attached hydrogens (tertiary/aromatic N) is 1. The van der Waals surface area contributed by atoms with E-state index in [-0.39, 0.29) is 5.56 Å². The molecule has 0 aliphatic carbocycles. The molecule has 1 aliphatic heterocycles. The smallest absolute Gasteiger partial charge is 0.248 e. The topological polar surface area (TPSA) is 36.1 Å². The summed E-state index contributed by atoms with van der Waals surface area (Å²) in [5.41, 5.74) is 2.32. The van der Waals surface area contributed by atoms with Crippen LogP contribution < -0.4 is 5.56 Å². The van der Waals surface area contributed by atoms with E-state index in [9.17, 15) is 4.79 Å². The second kappa shape index (κ2) is 5.05. The molecule has 0 bridgehead atoms. The number of aryl methyl sites for hydroxylation is 1. The van der Waals surface area contributed by atoms with Crippen LogP contribution in [0.5, 0.6) is 0 Å². The highest BCUT2D eigenvalue weighted by Crippen LogP contribution is 2.33. The van der Waals surface area contributed by atoms with Crippen molar-refractivity contribution in [2.24, 2.45) is 5.92 Å². The van der Waals surface area contributed by atoms with Gasteiger partial charge in [0.25, 0.3) is 0 Å². The van der Waals surface area contributed by atoms with Gasteiger partial charge in [-0.1, -0.05) is 19.9 Å². The molecule has 0 spiro atoms. The molecular formula is C14H22N2O. The molecule has 94 valence electrons. The van der Waals surface area contributed by atoms with Gasteiger partial charge in [0.1, 0.15) is 0 Å². The molecule has 17 heavy (non-hydrogen) atoms. The summed E-state index contributed by atoms with van der Waals surface area (Å²) in [5.74, 6) is 0.693. The van der Waals surface area contributed by atoms with Gasteiger partial charge in [-0.25, -0.2) is 0 Å². The Bertz CT molecular complexity index is 436. The molecule has 3 nitrogen and oxygen atoms in total. The second-order valence-electron chi connectivity index (χ2n) is 5.45. The van der Waals surface area contributed by atoms with E-state index in [1.807, 2.05) is 13.0 Å². The third-order valence-electron chi connectivity index (χ3n) is 3.48. The van der Waals surface area contributed by atoms with Gasteiger partial charge in [0.05, 0.1) is 0 Å². The molecule has 2 heterocycles. The standard InChI is InChI=1S/C14H22N2O/c1-10(2)9-16-8-4-5-13(16)12-6-7-14(17)15-11(12)3/h6-7,10,13H,4-5,8-9H2,1-3H3,(H,15,17)/t13-/m1/s1. The highest BCUT2D eigenvalue weighted by atomic mass is 16.1. The van der Waals surface area contributed by atoms with E-state index >= 15 is 0 Å². The molecule has 3 heteroatoms. The van der Waals surface area contributed by atoms with Crippen LogP contribution in [0.1, 0.15) is 44.0 Å². The van der Waals surface area contributed by atoms with Crippen LogP contribution >= 0.6 is 0 Å². The summed E-state index contributed by atoms with van der Waals surface area (Å²) < 4.78 is 0. The first-order valence-electron chi connectivity index (χ1n) is 6.52. The first-order valence-corrected chi connectivity index (χ1v) is 6.52. The number of nitrogens with one attached hydrogen (secondary N) is 1. The maximum Gasteiger partial charge on any atom is 0.248 e. The summed E-state index contributed by atoms with van der Waals surface area (Å²) in [6.07, 6.45) is 2.47. The highest BCUT2D eigenvalue weighted by Gasteiger charge is 2.27. The Morgan fingerprint density at radius 1 is 1.47 bits per heavy atom. The van der Waals surface area contributed by atoms with E-state index in [1.165, 1.54) is 24.9 Å². The van der Waals surface area contributed by atoms with Crippen LogP contribution in [0.2, 0.25) is 0 Å². The molecule has 1 fully saturated rings. The van der Waals surface area contributed by atoms with Gasteiger partial charge in [-0.15, -0.1) is 0 Å². The number of aromatic amines is 1. The van der Waals surface area contributed by atoms with Crippen LogP contribution in [0, 0.1) is 12.8 Å². The van der Waals surface area contributed by atoms with E-state index < -0.39 is 0 Å². The third kappa shape index (κ3) is 2.78. The van der Waals surface area contributed by atoms with Crippen LogP contribution in [0.4, 0.5) is 0 Å². The fourth-order valence-electron chi connectivity index (χ4n) is 2.82. The van der Waals surface area contributed by atoms with Gasteiger partial charge in [0.2, 0.25) is 5.56 Å². The number of aromatic nitrogens is 1. The summed E-state index contributed by atoms with van der Waals surface area (Å²) in [6, 6.07) is 4.14. The van der Waals surface area contributed by atoms with E-state index in [4.69, 9.17) is 0 Å². The fourth-order valence-corrected chi connectivity index (χ4v) is 2.82. The summed E-state index contributed by atoms with van der Waals surface area (Å²) in [4.78, 5) is 16.7. The van der Waals surface area contributed by atoms with Gasteiger partial charge in [-0.2, -0.15) is 0 Å². The summed E-state index contributed by atoms with van der Waals surface area (Å²) in [7, 11) is 0. The number of likely N-dealkylation sites (tertiary alicyclic amines) is 1. The molecule has 1 saturated heterocycles. The van der Waals surface area contributed by atoms with Crippen molar-refractivity contribution in [1.29, 1.82) is 0 Å². The minimum atomic E-state index is -0.000318. The molecule has 0 amide bonds. The van der Waals surface area contributed by atoms with Gasteiger partial charge in [-0.3, -0.25) is 9.69 Å². The Kier molecular flexibility index (Phi) is 3.67. The first-order chi connectivity index (χ1) is 8.08. The largest absolute Gasteiger partial charge is 0.326 e. The molecule has 1 aromatic rings. The van der Waals surface area contributed by atoms with E-state index in [0.717, 1.165) is 12.2 Å². The van der Waals surface area contributed by atoms with Crippen molar-refractivity contribution < 1.29 is 0 Å². The van der Waals surface area contributed by atoms with Crippen LogP contribution in [0.15, 0.2) is 16.9 Å². The van der Waals surface area contributed by atoms with Crippen LogP contribution in [0.3, 0.4) is 0 Å². The molecule has 2 rings (SSSR count). The molecule has 1 aliphatic rings. The van der Waals surface area contributed by atoms with Crippen LogP contribution in [-0.4, -0.2) is 23.0 Å². The number of hydrogen-bond donors (Lipinski definition) is 1.